The van der Waals surface area contributed by atoms with Crippen molar-refractivity contribution in [3.63, 3.8) is 0 Å². The summed E-state index contributed by atoms with van der Waals surface area (Å²) in [5.74, 6) is -0.203. The second-order valence-corrected chi connectivity index (χ2v) is 19.4. The molecule has 0 radical (unpaired) electrons. The van der Waals surface area contributed by atoms with Crippen LogP contribution in [0.5, 0.6) is 0 Å². The van der Waals surface area contributed by atoms with Gasteiger partial charge in [-0.1, -0.05) is 206 Å². The maximum Gasteiger partial charge on any atom is 0.220 e. The summed E-state index contributed by atoms with van der Waals surface area (Å²) >= 11 is 0. The minimum atomic E-state index is -1.78. The Morgan fingerprint density at radius 2 is 0.877 bits per heavy atom. The predicted molar refractivity (Wildman–Crippen MR) is 254 cm³/mol. The van der Waals surface area contributed by atoms with E-state index in [2.05, 4.69) is 19.2 Å². The van der Waals surface area contributed by atoms with E-state index < -0.39 is 86.8 Å². The molecule has 0 spiro atoms. The Kier molecular flexibility index (Phi) is 35.9. The molecule has 12 atom stereocenters. The van der Waals surface area contributed by atoms with Crippen LogP contribution < -0.4 is 5.32 Å². The SMILES string of the molecule is CCCCCCCCCCCCCCCCCCC(=O)N[C@@H](CO[C@@H]1O[C@H](CO)[C@@H](O[C@@H]2O[C@H](CO)[C@H](O)C(O)C2O)C(O)C1O)[C@H](O)CCCCCCCCCCCCCCCCC. The van der Waals surface area contributed by atoms with Crippen molar-refractivity contribution in [2.24, 2.45) is 0 Å². The molecule has 9 N–H and O–H groups in total. The Labute approximate surface area is 393 Å². The number of hydrogen-bond acceptors (Lipinski definition) is 13. The third-order valence-electron chi connectivity index (χ3n) is 13.6. The zero-order valence-corrected chi connectivity index (χ0v) is 41.0. The highest BCUT2D eigenvalue weighted by Crippen LogP contribution is 2.30. The molecular weight excluding hydrogens is 835 g/mol. The van der Waals surface area contributed by atoms with Crippen molar-refractivity contribution < 1.29 is 64.6 Å². The minimum Gasteiger partial charge on any atom is -0.394 e. The maximum atomic E-state index is 13.2. The molecule has 0 aromatic heterocycles. The minimum absolute atomic E-state index is 0.203. The summed E-state index contributed by atoms with van der Waals surface area (Å²) in [5.41, 5.74) is 0. The lowest BCUT2D eigenvalue weighted by atomic mass is 9.97. The van der Waals surface area contributed by atoms with Crippen molar-refractivity contribution in [1.82, 2.24) is 5.32 Å². The van der Waals surface area contributed by atoms with Gasteiger partial charge in [0.2, 0.25) is 5.91 Å². The first kappa shape index (κ1) is 60.1. The first-order valence-corrected chi connectivity index (χ1v) is 26.8. The summed E-state index contributed by atoms with van der Waals surface area (Å²) in [5, 5.41) is 87.0. The highest BCUT2D eigenvalue weighted by molar-refractivity contribution is 5.76. The van der Waals surface area contributed by atoms with Gasteiger partial charge in [-0.3, -0.25) is 4.79 Å². The summed E-state index contributed by atoms with van der Waals surface area (Å²) < 4.78 is 22.8. The van der Waals surface area contributed by atoms with Gasteiger partial charge >= 0.3 is 0 Å². The number of ether oxygens (including phenoxy) is 4. The van der Waals surface area contributed by atoms with E-state index in [4.69, 9.17) is 18.9 Å². The van der Waals surface area contributed by atoms with Crippen molar-refractivity contribution in [3.05, 3.63) is 0 Å². The van der Waals surface area contributed by atoms with Crippen molar-refractivity contribution in [1.29, 1.82) is 0 Å². The third-order valence-corrected chi connectivity index (χ3v) is 13.6. The number of amides is 1. The van der Waals surface area contributed by atoms with E-state index in [0.717, 1.165) is 51.4 Å². The van der Waals surface area contributed by atoms with Crippen molar-refractivity contribution >= 4 is 5.91 Å². The fourth-order valence-electron chi connectivity index (χ4n) is 9.18. The average Bonchev–Trinajstić information content (AvgIpc) is 3.30. The molecule has 14 heteroatoms. The van der Waals surface area contributed by atoms with Gasteiger partial charge in [-0.15, -0.1) is 0 Å². The van der Waals surface area contributed by atoms with Gasteiger partial charge in [0.15, 0.2) is 12.6 Å². The molecule has 2 rings (SSSR count). The topological polar surface area (TPSA) is 228 Å². The molecule has 2 saturated heterocycles. The van der Waals surface area contributed by atoms with Crippen LogP contribution in [0.2, 0.25) is 0 Å². The fourth-order valence-corrected chi connectivity index (χ4v) is 9.18. The van der Waals surface area contributed by atoms with Gasteiger partial charge < -0.3 is 65.1 Å². The molecule has 0 aromatic carbocycles. The van der Waals surface area contributed by atoms with E-state index >= 15 is 0 Å². The largest absolute Gasteiger partial charge is 0.394 e. The van der Waals surface area contributed by atoms with Crippen LogP contribution in [0.1, 0.15) is 226 Å². The van der Waals surface area contributed by atoms with E-state index in [0.29, 0.717) is 12.8 Å². The summed E-state index contributed by atoms with van der Waals surface area (Å²) in [4.78, 5) is 13.2. The molecule has 2 fully saturated rings. The first-order chi connectivity index (χ1) is 31.6. The van der Waals surface area contributed by atoms with Crippen LogP contribution in [0.3, 0.4) is 0 Å². The first-order valence-electron chi connectivity index (χ1n) is 26.8. The number of aliphatic hydroxyl groups excluding tert-OH is 8. The number of aliphatic hydroxyl groups is 8. The number of rotatable bonds is 42. The normalized spacial score (nSPS) is 26.9. The number of unbranched alkanes of at least 4 members (excludes halogenated alkanes) is 29. The number of carbonyl (C=O) groups excluding carboxylic acids is 1. The molecule has 386 valence electrons. The fraction of sp³-hybridized carbons (Fsp3) is 0.980. The summed E-state index contributed by atoms with van der Waals surface area (Å²) in [6.45, 7) is 2.87. The Hall–Kier alpha value is -1.01. The molecule has 0 bridgehead atoms. The van der Waals surface area contributed by atoms with Crippen LogP contribution in [0.4, 0.5) is 0 Å². The highest BCUT2D eigenvalue weighted by Gasteiger charge is 2.51. The summed E-state index contributed by atoms with van der Waals surface area (Å²) in [7, 11) is 0. The predicted octanol–water partition coefficient (Wildman–Crippen LogP) is 7.39. The van der Waals surface area contributed by atoms with Gasteiger partial charge in [0.25, 0.3) is 0 Å². The van der Waals surface area contributed by atoms with Crippen molar-refractivity contribution in [2.45, 2.75) is 299 Å². The van der Waals surface area contributed by atoms with Gasteiger partial charge in [0, 0.05) is 6.42 Å². The van der Waals surface area contributed by atoms with Gasteiger partial charge in [-0.05, 0) is 12.8 Å². The summed E-state index contributed by atoms with van der Waals surface area (Å²) in [6.07, 6.45) is 22.4. The average molecular weight is 934 g/mol. The molecule has 2 aliphatic heterocycles. The molecule has 1 amide bonds. The Morgan fingerprint density at radius 1 is 0.492 bits per heavy atom. The van der Waals surface area contributed by atoms with Gasteiger partial charge in [0.05, 0.1) is 32.0 Å². The van der Waals surface area contributed by atoms with E-state index in [1.807, 2.05) is 0 Å². The van der Waals surface area contributed by atoms with E-state index in [1.165, 1.54) is 148 Å². The zero-order valence-electron chi connectivity index (χ0n) is 41.0. The smallest absolute Gasteiger partial charge is 0.220 e. The third kappa shape index (κ3) is 26.0. The lowest BCUT2D eigenvalue weighted by Gasteiger charge is -2.46. The van der Waals surface area contributed by atoms with Crippen molar-refractivity contribution in [2.75, 3.05) is 19.8 Å². The van der Waals surface area contributed by atoms with E-state index in [9.17, 15) is 45.6 Å². The molecule has 65 heavy (non-hydrogen) atoms. The molecule has 14 nitrogen and oxygen atoms in total. The van der Waals surface area contributed by atoms with E-state index in [1.54, 1.807) is 0 Å². The molecule has 0 saturated carbocycles. The molecule has 0 aromatic rings. The molecule has 0 aliphatic carbocycles. The maximum absolute atomic E-state index is 13.2. The Bertz CT molecular complexity index is 1100. The van der Waals surface area contributed by atoms with E-state index in [-0.39, 0.29) is 12.5 Å². The lowest BCUT2D eigenvalue weighted by Crippen LogP contribution is -2.65. The quantitative estimate of drug-likeness (QED) is 0.0273. The number of hydrogen-bond donors (Lipinski definition) is 9. The number of nitrogens with one attached hydrogen (secondary N) is 1. The van der Waals surface area contributed by atoms with Crippen LogP contribution in [-0.4, -0.2) is 140 Å². The number of carbonyl (C=O) groups is 1. The lowest BCUT2D eigenvalue weighted by molar-refractivity contribution is -0.359. The summed E-state index contributed by atoms with van der Waals surface area (Å²) in [6, 6.07) is -0.821. The zero-order chi connectivity index (χ0) is 47.5. The van der Waals surface area contributed by atoms with Crippen molar-refractivity contribution in [3.8, 4) is 0 Å². The van der Waals surface area contributed by atoms with Crippen LogP contribution in [0.15, 0.2) is 0 Å². The monoisotopic (exact) mass is 934 g/mol. The van der Waals surface area contributed by atoms with Gasteiger partial charge in [-0.2, -0.15) is 0 Å². The van der Waals surface area contributed by atoms with Gasteiger partial charge in [0.1, 0.15) is 48.8 Å². The molecule has 4 unspecified atom stereocenters. The molecule has 2 heterocycles. The van der Waals surface area contributed by atoms with Crippen LogP contribution in [-0.2, 0) is 23.7 Å². The Morgan fingerprint density at radius 3 is 1.31 bits per heavy atom. The van der Waals surface area contributed by atoms with Gasteiger partial charge in [-0.25, -0.2) is 0 Å². The standard InChI is InChI=1S/C51H99NO13/c1-3-5-7-9-11-13-15-17-19-21-23-25-27-29-31-33-35-43(56)52-39(40(55)34-32-30-28-26-24-22-20-18-16-14-12-10-8-6-4-2)38-62-50-48(61)46(59)49(42(37-54)64-50)65-51-47(60)45(58)44(57)41(36-53)63-51/h39-42,44-51,53-55,57-61H,3-38H2,1-2H3,(H,52,56)/t39-,40+,41+,42+,44-,45?,46?,47?,48?,49+,50+,51-/m0/s1. The molecule has 2 aliphatic rings. The Balaban J connectivity index is 1.81. The second kappa shape index (κ2) is 38.8. The van der Waals surface area contributed by atoms with Crippen LogP contribution >= 0.6 is 0 Å². The van der Waals surface area contributed by atoms with Crippen LogP contribution in [0.25, 0.3) is 0 Å². The highest BCUT2D eigenvalue weighted by atomic mass is 16.7. The molecular formula is C51H99NO13. The second-order valence-electron chi connectivity index (χ2n) is 19.4. The van der Waals surface area contributed by atoms with Crippen LogP contribution in [0, 0.1) is 0 Å².